The summed E-state index contributed by atoms with van der Waals surface area (Å²) in [6, 6.07) is 7.92. The minimum absolute atomic E-state index is 0.0112. The maximum Gasteiger partial charge on any atom is 0.227 e. The third-order valence-corrected chi connectivity index (χ3v) is 6.78. The van der Waals surface area contributed by atoms with E-state index in [0.717, 1.165) is 12.1 Å². The van der Waals surface area contributed by atoms with Gasteiger partial charge in [-0.25, -0.2) is 12.7 Å². The molecule has 0 aromatic heterocycles. The molecule has 1 saturated heterocycles. The van der Waals surface area contributed by atoms with Gasteiger partial charge in [-0.05, 0) is 42.9 Å². The second-order valence-corrected chi connectivity index (χ2v) is 9.20. The highest BCUT2D eigenvalue weighted by Gasteiger charge is 2.30. The zero-order chi connectivity index (χ0) is 18.4. The van der Waals surface area contributed by atoms with Crippen molar-refractivity contribution in [3.63, 3.8) is 0 Å². The minimum atomic E-state index is -3.16. The molecule has 5 nitrogen and oxygen atoms in total. The van der Waals surface area contributed by atoms with Crippen molar-refractivity contribution >= 4 is 21.6 Å². The summed E-state index contributed by atoms with van der Waals surface area (Å²) in [4.78, 5) is 12.4. The monoisotopic (exact) mass is 366 g/mol. The lowest BCUT2D eigenvalue weighted by Gasteiger charge is -2.30. The zero-order valence-corrected chi connectivity index (χ0v) is 16.3. The number of nitrogens with one attached hydrogen (secondary N) is 1. The molecule has 0 radical (unpaired) electrons. The Labute approximate surface area is 151 Å². The summed E-state index contributed by atoms with van der Waals surface area (Å²) in [7, 11) is -3.16. The number of unbranched alkanes of at least 4 members (excludes halogenated alkanes) is 1. The molecule has 0 bridgehead atoms. The molecular formula is C19H30N2O3S. The first-order chi connectivity index (χ1) is 11.8. The number of nitrogens with zero attached hydrogens (tertiary/aromatic N) is 1. The van der Waals surface area contributed by atoms with Gasteiger partial charge in [-0.1, -0.05) is 39.3 Å². The maximum atomic E-state index is 12.4. The van der Waals surface area contributed by atoms with E-state index < -0.39 is 10.0 Å². The number of anilines is 1. The third-order valence-electron chi connectivity index (χ3n) is 4.82. The van der Waals surface area contributed by atoms with Gasteiger partial charge in [-0.3, -0.25) is 4.79 Å². The molecule has 1 N–H and O–H groups in total. The summed E-state index contributed by atoms with van der Waals surface area (Å²) in [5.74, 6) is 0.539. The van der Waals surface area contributed by atoms with Crippen LogP contribution >= 0.6 is 0 Å². The molecule has 0 atom stereocenters. The van der Waals surface area contributed by atoms with Crippen LogP contribution < -0.4 is 5.32 Å². The highest BCUT2D eigenvalue weighted by atomic mass is 32.2. The molecule has 1 aromatic rings. The van der Waals surface area contributed by atoms with Crippen molar-refractivity contribution in [3.05, 3.63) is 29.8 Å². The molecule has 0 saturated carbocycles. The van der Waals surface area contributed by atoms with Crippen LogP contribution in [0.1, 0.15) is 57.9 Å². The first-order valence-corrected chi connectivity index (χ1v) is 10.8. The Morgan fingerprint density at radius 1 is 1.20 bits per heavy atom. The summed E-state index contributed by atoms with van der Waals surface area (Å²) in [5.41, 5.74) is 2.04. The lowest BCUT2D eigenvalue weighted by Crippen LogP contribution is -2.42. The predicted octanol–water partition coefficient (Wildman–Crippen LogP) is 3.59. The number of hydrogen-bond donors (Lipinski definition) is 1. The lowest BCUT2D eigenvalue weighted by molar-refractivity contribution is -0.120. The topological polar surface area (TPSA) is 66.5 Å². The van der Waals surface area contributed by atoms with Crippen molar-refractivity contribution in [2.24, 2.45) is 5.92 Å². The van der Waals surface area contributed by atoms with Gasteiger partial charge in [-0.15, -0.1) is 0 Å². The Bertz CT molecular complexity index is 660. The Morgan fingerprint density at radius 3 is 2.32 bits per heavy atom. The van der Waals surface area contributed by atoms with E-state index in [0.29, 0.717) is 38.3 Å². The highest BCUT2D eigenvalue weighted by molar-refractivity contribution is 7.89. The van der Waals surface area contributed by atoms with Crippen LogP contribution in [-0.4, -0.2) is 37.5 Å². The summed E-state index contributed by atoms with van der Waals surface area (Å²) < 4.78 is 26.0. The fraction of sp³-hybridized carbons (Fsp3) is 0.632. The quantitative estimate of drug-likeness (QED) is 0.802. The molecule has 140 valence electrons. The molecule has 1 amide bonds. The molecule has 0 unspecified atom stereocenters. The Hall–Kier alpha value is -1.40. The van der Waals surface area contributed by atoms with Crippen LogP contribution in [0.3, 0.4) is 0 Å². The molecule has 1 aromatic carbocycles. The van der Waals surface area contributed by atoms with Crippen LogP contribution in [0.4, 0.5) is 5.69 Å². The van der Waals surface area contributed by atoms with E-state index in [1.807, 2.05) is 31.2 Å². The first-order valence-electron chi connectivity index (χ1n) is 9.22. The number of rotatable bonds is 7. The number of carbonyl (C=O) groups is 1. The predicted molar refractivity (Wildman–Crippen MR) is 102 cm³/mol. The van der Waals surface area contributed by atoms with E-state index in [9.17, 15) is 13.2 Å². The standard InChI is InChI=1S/C19H30N2O3S/c1-4-5-14-25(23,24)21-12-10-17(11-13-21)19(22)20-18-8-6-16(7-9-18)15(2)3/h6-9,15,17H,4-5,10-14H2,1-3H3,(H,20,22). The largest absolute Gasteiger partial charge is 0.326 e. The summed E-state index contributed by atoms with van der Waals surface area (Å²) in [6.45, 7) is 7.14. The van der Waals surface area contributed by atoms with Crippen molar-refractivity contribution in [3.8, 4) is 0 Å². The highest BCUT2D eigenvalue weighted by Crippen LogP contribution is 2.23. The first kappa shape index (κ1) is 19.9. The maximum absolute atomic E-state index is 12.4. The Balaban J connectivity index is 1.86. The average Bonchev–Trinajstić information content (AvgIpc) is 2.60. The third kappa shape index (κ3) is 5.54. The van der Waals surface area contributed by atoms with Gasteiger partial charge in [-0.2, -0.15) is 0 Å². The lowest BCUT2D eigenvalue weighted by atomic mass is 9.97. The summed E-state index contributed by atoms with van der Waals surface area (Å²) >= 11 is 0. The zero-order valence-electron chi connectivity index (χ0n) is 15.5. The molecule has 1 aliphatic rings. The molecule has 2 rings (SSSR count). The number of benzene rings is 1. The van der Waals surface area contributed by atoms with Gasteiger partial charge in [0, 0.05) is 24.7 Å². The second-order valence-electron chi connectivity index (χ2n) is 7.11. The number of amides is 1. The van der Waals surface area contributed by atoms with Crippen molar-refractivity contribution in [1.82, 2.24) is 4.31 Å². The van der Waals surface area contributed by atoms with Crippen molar-refractivity contribution in [2.75, 3.05) is 24.2 Å². The van der Waals surface area contributed by atoms with Crippen LogP contribution in [-0.2, 0) is 14.8 Å². The average molecular weight is 367 g/mol. The van der Waals surface area contributed by atoms with E-state index in [4.69, 9.17) is 0 Å². The summed E-state index contributed by atoms with van der Waals surface area (Å²) in [6.07, 6.45) is 2.73. The van der Waals surface area contributed by atoms with E-state index >= 15 is 0 Å². The Morgan fingerprint density at radius 2 is 1.80 bits per heavy atom. The molecule has 1 fully saturated rings. The molecule has 1 heterocycles. The van der Waals surface area contributed by atoms with Crippen molar-refractivity contribution in [2.45, 2.75) is 52.4 Å². The van der Waals surface area contributed by atoms with Gasteiger partial charge < -0.3 is 5.32 Å². The fourth-order valence-electron chi connectivity index (χ4n) is 3.05. The van der Waals surface area contributed by atoms with E-state index in [1.54, 1.807) is 4.31 Å². The molecule has 0 spiro atoms. The van der Waals surface area contributed by atoms with Crippen LogP contribution in [0.25, 0.3) is 0 Å². The van der Waals surface area contributed by atoms with Gasteiger partial charge in [0.25, 0.3) is 0 Å². The SMILES string of the molecule is CCCCS(=O)(=O)N1CCC(C(=O)Nc2ccc(C(C)C)cc2)CC1. The smallest absolute Gasteiger partial charge is 0.227 e. The second kappa shape index (κ2) is 8.81. The van der Waals surface area contributed by atoms with E-state index in [1.165, 1.54) is 5.56 Å². The molecular weight excluding hydrogens is 336 g/mol. The minimum Gasteiger partial charge on any atom is -0.326 e. The fourth-order valence-corrected chi connectivity index (χ4v) is 4.73. The van der Waals surface area contributed by atoms with E-state index in [2.05, 4.69) is 19.2 Å². The molecule has 0 aliphatic carbocycles. The van der Waals surface area contributed by atoms with Crippen molar-refractivity contribution in [1.29, 1.82) is 0 Å². The number of sulfonamides is 1. The van der Waals surface area contributed by atoms with Gasteiger partial charge in [0.05, 0.1) is 5.75 Å². The molecule has 25 heavy (non-hydrogen) atoms. The molecule has 6 heteroatoms. The van der Waals surface area contributed by atoms with Gasteiger partial charge in [0.15, 0.2) is 0 Å². The van der Waals surface area contributed by atoms with Gasteiger partial charge in [0.2, 0.25) is 15.9 Å². The van der Waals surface area contributed by atoms with Gasteiger partial charge >= 0.3 is 0 Å². The van der Waals surface area contributed by atoms with Gasteiger partial charge in [0.1, 0.15) is 0 Å². The van der Waals surface area contributed by atoms with Crippen LogP contribution in [0, 0.1) is 5.92 Å². The Kier molecular flexibility index (Phi) is 7.02. The normalized spacial score (nSPS) is 17.0. The van der Waals surface area contributed by atoms with Crippen molar-refractivity contribution < 1.29 is 13.2 Å². The molecule has 1 aliphatic heterocycles. The summed E-state index contributed by atoms with van der Waals surface area (Å²) in [5, 5.41) is 2.96. The van der Waals surface area contributed by atoms with Crippen LogP contribution in [0.15, 0.2) is 24.3 Å². The number of piperidine rings is 1. The number of carbonyl (C=O) groups excluding carboxylic acids is 1. The number of hydrogen-bond acceptors (Lipinski definition) is 3. The van der Waals surface area contributed by atoms with E-state index in [-0.39, 0.29) is 17.6 Å². The van der Waals surface area contributed by atoms with Crippen LogP contribution in [0.2, 0.25) is 0 Å². The van der Waals surface area contributed by atoms with Crippen LogP contribution in [0.5, 0.6) is 0 Å².